The molecular formula is C16H26ClN. The van der Waals surface area contributed by atoms with E-state index in [9.17, 15) is 0 Å². The van der Waals surface area contributed by atoms with Crippen LogP contribution >= 0.6 is 11.6 Å². The van der Waals surface area contributed by atoms with Crippen molar-refractivity contribution >= 4 is 11.6 Å². The molecule has 1 aromatic carbocycles. The summed E-state index contributed by atoms with van der Waals surface area (Å²) in [7, 11) is 0. The van der Waals surface area contributed by atoms with Crippen molar-refractivity contribution in [2.75, 3.05) is 6.54 Å². The third-order valence-corrected chi connectivity index (χ3v) is 4.00. The van der Waals surface area contributed by atoms with E-state index in [-0.39, 0.29) is 0 Å². The number of rotatable bonds is 5. The first-order chi connectivity index (χ1) is 8.34. The van der Waals surface area contributed by atoms with Gasteiger partial charge in [-0.3, -0.25) is 0 Å². The Morgan fingerprint density at radius 3 is 2.44 bits per heavy atom. The smallest absolute Gasteiger partial charge is 0.0409 e. The summed E-state index contributed by atoms with van der Waals surface area (Å²) in [6.07, 6.45) is 1.14. The Hall–Kier alpha value is -0.530. The maximum atomic E-state index is 6.09. The van der Waals surface area contributed by atoms with Crippen LogP contribution in [0, 0.1) is 11.3 Å². The molecule has 1 rings (SSSR count). The van der Waals surface area contributed by atoms with Crippen LogP contribution < -0.4 is 5.32 Å². The molecule has 0 saturated heterocycles. The predicted molar refractivity (Wildman–Crippen MR) is 81.1 cm³/mol. The highest BCUT2D eigenvalue weighted by molar-refractivity contribution is 6.30. The van der Waals surface area contributed by atoms with Crippen LogP contribution in [0.5, 0.6) is 0 Å². The normalized spacial score (nSPS) is 15.4. The Morgan fingerprint density at radius 1 is 1.28 bits per heavy atom. The van der Waals surface area contributed by atoms with Gasteiger partial charge in [-0.25, -0.2) is 0 Å². The predicted octanol–water partition coefficient (Wildman–Crippen LogP) is 5.06. The van der Waals surface area contributed by atoms with Crippen molar-refractivity contribution in [2.24, 2.45) is 11.3 Å². The molecule has 0 aliphatic carbocycles. The molecule has 0 aromatic heterocycles. The summed E-state index contributed by atoms with van der Waals surface area (Å²) >= 11 is 6.09. The maximum Gasteiger partial charge on any atom is 0.0409 e. The molecule has 0 aliphatic heterocycles. The molecule has 18 heavy (non-hydrogen) atoms. The van der Waals surface area contributed by atoms with Gasteiger partial charge < -0.3 is 5.32 Å². The van der Waals surface area contributed by atoms with E-state index >= 15 is 0 Å². The van der Waals surface area contributed by atoms with E-state index < -0.39 is 0 Å². The fourth-order valence-corrected chi connectivity index (χ4v) is 2.21. The standard InChI is InChI=1S/C16H26ClN/c1-6-18-15(10-12(2)16(3,4)5)13-8-7-9-14(17)11-13/h7-9,11-12,15,18H,6,10H2,1-5H3. The zero-order chi connectivity index (χ0) is 13.8. The second kappa shape index (κ2) is 6.58. The summed E-state index contributed by atoms with van der Waals surface area (Å²) in [5.74, 6) is 0.653. The highest BCUT2D eigenvalue weighted by Gasteiger charge is 2.24. The SMILES string of the molecule is CCNC(CC(C)C(C)(C)C)c1cccc(Cl)c1. The summed E-state index contributed by atoms with van der Waals surface area (Å²) in [5.41, 5.74) is 1.63. The van der Waals surface area contributed by atoms with E-state index in [0.29, 0.717) is 17.4 Å². The van der Waals surface area contributed by atoms with Crippen LogP contribution in [0.25, 0.3) is 0 Å². The van der Waals surface area contributed by atoms with Gasteiger partial charge in [0.05, 0.1) is 0 Å². The monoisotopic (exact) mass is 267 g/mol. The molecule has 0 radical (unpaired) electrons. The van der Waals surface area contributed by atoms with E-state index in [4.69, 9.17) is 11.6 Å². The second-order valence-corrected chi connectivity index (χ2v) is 6.60. The van der Waals surface area contributed by atoms with Crippen LogP contribution in [-0.2, 0) is 0 Å². The van der Waals surface area contributed by atoms with Gasteiger partial charge in [0, 0.05) is 11.1 Å². The van der Waals surface area contributed by atoms with Crippen molar-refractivity contribution in [1.29, 1.82) is 0 Å². The van der Waals surface area contributed by atoms with E-state index in [1.54, 1.807) is 0 Å². The molecule has 0 saturated carbocycles. The number of hydrogen-bond donors (Lipinski definition) is 1. The highest BCUT2D eigenvalue weighted by Crippen LogP contribution is 2.33. The quantitative estimate of drug-likeness (QED) is 0.786. The molecule has 0 amide bonds. The lowest BCUT2D eigenvalue weighted by Crippen LogP contribution is -2.27. The Morgan fingerprint density at radius 2 is 1.94 bits per heavy atom. The first-order valence-corrected chi connectivity index (χ1v) is 7.21. The minimum Gasteiger partial charge on any atom is -0.310 e. The third-order valence-electron chi connectivity index (χ3n) is 3.77. The Balaban J connectivity index is 2.83. The molecule has 2 atom stereocenters. The Labute approximate surface area is 117 Å². The third kappa shape index (κ3) is 4.62. The van der Waals surface area contributed by atoms with Crippen LogP contribution in [0.3, 0.4) is 0 Å². The number of nitrogens with one attached hydrogen (secondary N) is 1. The van der Waals surface area contributed by atoms with Crippen molar-refractivity contribution in [2.45, 2.75) is 47.1 Å². The number of halogens is 1. The molecule has 2 heteroatoms. The van der Waals surface area contributed by atoms with Crippen molar-refractivity contribution in [3.63, 3.8) is 0 Å². The Bertz CT molecular complexity index is 368. The minimum absolute atomic E-state index is 0.340. The van der Waals surface area contributed by atoms with Gasteiger partial charge in [-0.2, -0.15) is 0 Å². The van der Waals surface area contributed by atoms with Crippen LogP contribution in [0.15, 0.2) is 24.3 Å². The molecule has 0 bridgehead atoms. The van der Waals surface area contributed by atoms with E-state index in [1.807, 2.05) is 12.1 Å². The largest absolute Gasteiger partial charge is 0.310 e. The van der Waals surface area contributed by atoms with Gasteiger partial charge in [-0.1, -0.05) is 58.4 Å². The lowest BCUT2D eigenvalue weighted by molar-refractivity contribution is 0.224. The number of hydrogen-bond acceptors (Lipinski definition) is 1. The van der Waals surface area contributed by atoms with E-state index in [0.717, 1.165) is 18.0 Å². The van der Waals surface area contributed by atoms with Gasteiger partial charge in [-0.05, 0) is 42.0 Å². The summed E-state index contributed by atoms with van der Waals surface area (Å²) in [4.78, 5) is 0. The van der Waals surface area contributed by atoms with Crippen LogP contribution in [-0.4, -0.2) is 6.54 Å². The molecule has 1 aromatic rings. The van der Waals surface area contributed by atoms with Crippen LogP contribution in [0.4, 0.5) is 0 Å². The van der Waals surface area contributed by atoms with Crippen LogP contribution in [0.2, 0.25) is 5.02 Å². The minimum atomic E-state index is 0.340. The summed E-state index contributed by atoms with van der Waals surface area (Å²) < 4.78 is 0. The lowest BCUT2D eigenvalue weighted by Gasteiger charge is -2.31. The van der Waals surface area contributed by atoms with Crippen molar-refractivity contribution in [3.05, 3.63) is 34.9 Å². The van der Waals surface area contributed by atoms with Gasteiger partial charge in [0.15, 0.2) is 0 Å². The van der Waals surface area contributed by atoms with Crippen molar-refractivity contribution in [3.8, 4) is 0 Å². The molecule has 0 spiro atoms. The summed E-state index contributed by atoms with van der Waals surface area (Å²) in [6, 6.07) is 8.59. The first kappa shape index (κ1) is 15.5. The molecule has 102 valence electrons. The average Bonchev–Trinajstić information content (AvgIpc) is 2.27. The fraction of sp³-hybridized carbons (Fsp3) is 0.625. The highest BCUT2D eigenvalue weighted by atomic mass is 35.5. The van der Waals surface area contributed by atoms with Crippen molar-refractivity contribution < 1.29 is 0 Å². The zero-order valence-electron chi connectivity index (χ0n) is 12.3. The molecule has 0 aliphatic rings. The fourth-order valence-electron chi connectivity index (χ4n) is 2.01. The van der Waals surface area contributed by atoms with Gasteiger partial charge >= 0.3 is 0 Å². The van der Waals surface area contributed by atoms with Crippen LogP contribution in [0.1, 0.15) is 52.6 Å². The molecule has 1 nitrogen and oxygen atoms in total. The Kier molecular flexibility index (Phi) is 5.68. The number of benzene rings is 1. The van der Waals surface area contributed by atoms with Crippen molar-refractivity contribution in [1.82, 2.24) is 5.32 Å². The zero-order valence-corrected chi connectivity index (χ0v) is 13.0. The van der Waals surface area contributed by atoms with Gasteiger partial charge in [-0.15, -0.1) is 0 Å². The molecule has 2 unspecified atom stereocenters. The average molecular weight is 268 g/mol. The van der Waals surface area contributed by atoms with Gasteiger partial charge in [0.25, 0.3) is 0 Å². The second-order valence-electron chi connectivity index (χ2n) is 6.17. The molecular weight excluding hydrogens is 242 g/mol. The molecule has 1 N–H and O–H groups in total. The van der Waals surface area contributed by atoms with Gasteiger partial charge in [0.2, 0.25) is 0 Å². The van der Waals surface area contributed by atoms with E-state index in [2.05, 4.69) is 52.1 Å². The maximum absolute atomic E-state index is 6.09. The topological polar surface area (TPSA) is 12.0 Å². The first-order valence-electron chi connectivity index (χ1n) is 6.83. The lowest BCUT2D eigenvalue weighted by atomic mass is 9.77. The van der Waals surface area contributed by atoms with Gasteiger partial charge in [0.1, 0.15) is 0 Å². The summed E-state index contributed by atoms with van der Waals surface area (Å²) in [6.45, 7) is 12.4. The van der Waals surface area contributed by atoms with E-state index in [1.165, 1.54) is 5.56 Å². The summed E-state index contributed by atoms with van der Waals surface area (Å²) in [5, 5.41) is 4.39. The molecule has 0 fully saturated rings. The molecule has 0 heterocycles.